The quantitative estimate of drug-likeness (QED) is 0.726. The number of ether oxygens (including phenoxy) is 1. The zero-order chi connectivity index (χ0) is 15.4. The summed E-state index contributed by atoms with van der Waals surface area (Å²) in [5.41, 5.74) is 0.679. The predicted octanol–water partition coefficient (Wildman–Crippen LogP) is -0.169. The molecule has 1 rings (SSSR count). The van der Waals surface area contributed by atoms with E-state index in [9.17, 15) is 16.8 Å². The normalized spacial score (nSPS) is 12.3. The average Bonchev–Trinajstić information content (AvgIpc) is 2.38. The lowest BCUT2D eigenvalue weighted by Crippen LogP contribution is -2.33. The number of sulfonamides is 2. The van der Waals surface area contributed by atoms with Gasteiger partial charge < -0.3 is 4.74 Å². The van der Waals surface area contributed by atoms with Crippen LogP contribution in [0.25, 0.3) is 0 Å². The zero-order valence-electron chi connectivity index (χ0n) is 11.5. The smallest absolute Gasteiger partial charge is 0.240 e. The summed E-state index contributed by atoms with van der Waals surface area (Å²) in [4.78, 5) is 0.0673. The molecule has 0 aliphatic carbocycles. The van der Waals surface area contributed by atoms with Crippen LogP contribution < -0.4 is 14.2 Å². The molecule has 0 radical (unpaired) electrons. The van der Waals surface area contributed by atoms with Crippen molar-refractivity contribution in [2.75, 3.05) is 26.5 Å². The van der Waals surface area contributed by atoms with Crippen LogP contribution in [-0.4, -0.2) is 43.3 Å². The highest BCUT2D eigenvalue weighted by molar-refractivity contribution is 7.90. The fourth-order valence-corrected chi connectivity index (χ4v) is 3.33. The second kappa shape index (κ2) is 6.53. The molecule has 2 N–H and O–H groups in total. The van der Waals surface area contributed by atoms with Gasteiger partial charge in [0.2, 0.25) is 20.0 Å². The van der Waals surface area contributed by atoms with Gasteiger partial charge in [-0.2, -0.15) is 0 Å². The summed E-state index contributed by atoms with van der Waals surface area (Å²) < 4.78 is 55.8. The summed E-state index contributed by atoms with van der Waals surface area (Å²) in [6, 6.07) is 4.42. The van der Waals surface area contributed by atoms with Gasteiger partial charge in [0, 0.05) is 6.54 Å². The molecule has 0 aliphatic rings. The molecule has 9 heteroatoms. The van der Waals surface area contributed by atoms with Crippen LogP contribution >= 0.6 is 0 Å². The number of hydrogen-bond donors (Lipinski definition) is 2. The third-order valence-electron chi connectivity index (χ3n) is 2.65. The van der Waals surface area contributed by atoms with Crippen LogP contribution in [0.2, 0.25) is 0 Å². The van der Waals surface area contributed by atoms with Gasteiger partial charge in [0.15, 0.2) is 0 Å². The highest BCUT2D eigenvalue weighted by Crippen LogP contribution is 2.21. The van der Waals surface area contributed by atoms with Crippen LogP contribution in [0.15, 0.2) is 23.1 Å². The molecule has 114 valence electrons. The Labute approximate surface area is 119 Å². The maximum atomic E-state index is 12.0. The van der Waals surface area contributed by atoms with Gasteiger partial charge in [0.1, 0.15) is 5.75 Å². The Bertz CT molecular complexity index is 668. The summed E-state index contributed by atoms with van der Waals surface area (Å²) in [5, 5.41) is 0. The lowest BCUT2D eigenvalue weighted by atomic mass is 10.2. The Hall–Kier alpha value is -1.16. The SMILES string of the molecule is CNS(=O)(=O)CCNS(=O)(=O)c1ccc(OC)c(C)c1. The number of hydrogen-bond acceptors (Lipinski definition) is 5. The maximum Gasteiger partial charge on any atom is 0.240 e. The van der Waals surface area contributed by atoms with E-state index in [4.69, 9.17) is 4.74 Å². The highest BCUT2D eigenvalue weighted by Gasteiger charge is 2.16. The van der Waals surface area contributed by atoms with Crippen molar-refractivity contribution in [2.24, 2.45) is 0 Å². The molecule has 1 aromatic carbocycles. The average molecular weight is 322 g/mol. The van der Waals surface area contributed by atoms with Crippen molar-refractivity contribution in [2.45, 2.75) is 11.8 Å². The van der Waals surface area contributed by atoms with Gasteiger partial charge in [-0.25, -0.2) is 26.3 Å². The summed E-state index contributed by atoms with van der Waals surface area (Å²) in [5.74, 6) is 0.263. The van der Waals surface area contributed by atoms with Gasteiger partial charge in [-0.15, -0.1) is 0 Å². The first-order valence-electron chi connectivity index (χ1n) is 5.77. The van der Waals surface area contributed by atoms with E-state index in [-0.39, 0.29) is 17.2 Å². The Morgan fingerprint density at radius 1 is 1.20 bits per heavy atom. The molecule has 0 amide bonds. The second-order valence-electron chi connectivity index (χ2n) is 4.05. The molecule has 0 saturated carbocycles. The fourth-order valence-electron chi connectivity index (χ4n) is 1.51. The van der Waals surface area contributed by atoms with E-state index >= 15 is 0 Å². The summed E-state index contributed by atoms with van der Waals surface area (Å²) in [6.07, 6.45) is 0. The third kappa shape index (κ3) is 4.44. The molecule has 20 heavy (non-hydrogen) atoms. The van der Waals surface area contributed by atoms with Crippen LogP contribution in [0.5, 0.6) is 5.75 Å². The van der Waals surface area contributed by atoms with E-state index in [2.05, 4.69) is 9.44 Å². The lowest BCUT2D eigenvalue weighted by molar-refractivity contribution is 0.411. The molecule has 0 spiro atoms. The summed E-state index contributed by atoms with van der Waals surface area (Å²) >= 11 is 0. The van der Waals surface area contributed by atoms with Crippen molar-refractivity contribution in [3.05, 3.63) is 23.8 Å². The molecule has 0 unspecified atom stereocenters. The highest BCUT2D eigenvalue weighted by atomic mass is 32.2. The van der Waals surface area contributed by atoms with E-state index in [0.717, 1.165) is 0 Å². The molecule has 0 aliphatic heterocycles. The Balaban J connectivity index is 2.82. The number of nitrogens with one attached hydrogen (secondary N) is 2. The van der Waals surface area contributed by atoms with Crippen LogP contribution in [0.1, 0.15) is 5.56 Å². The minimum atomic E-state index is -3.74. The molecule has 0 atom stereocenters. The lowest BCUT2D eigenvalue weighted by Gasteiger charge is -2.09. The monoisotopic (exact) mass is 322 g/mol. The van der Waals surface area contributed by atoms with Crippen LogP contribution in [-0.2, 0) is 20.0 Å². The first-order valence-corrected chi connectivity index (χ1v) is 8.91. The minimum absolute atomic E-state index is 0.0673. The van der Waals surface area contributed by atoms with E-state index in [1.165, 1.54) is 26.3 Å². The molecule has 0 bridgehead atoms. The Kier molecular flexibility index (Phi) is 5.51. The molecular weight excluding hydrogens is 304 g/mol. The topological polar surface area (TPSA) is 102 Å². The molecule has 0 saturated heterocycles. The second-order valence-corrected chi connectivity index (χ2v) is 7.87. The van der Waals surface area contributed by atoms with Crippen molar-refractivity contribution in [1.29, 1.82) is 0 Å². The Morgan fingerprint density at radius 3 is 2.35 bits per heavy atom. The van der Waals surface area contributed by atoms with Crippen molar-refractivity contribution in [3.8, 4) is 5.75 Å². The predicted molar refractivity (Wildman–Crippen MR) is 75.8 cm³/mol. The van der Waals surface area contributed by atoms with E-state index in [0.29, 0.717) is 11.3 Å². The molecular formula is C11H18N2O5S2. The van der Waals surface area contributed by atoms with Crippen molar-refractivity contribution in [3.63, 3.8) is 0 Å². The number of rotatable bonds is 7. The van der Waals surface area contributed by atoms with Gasteiger partial charge in [-0.1, -0.05) is 0 Å². The molecule has 0 fully saturated rings. The Morgan fingerprint density at radius 2 is 1.85 bits per heavy atom. The largest absolute Gasteiger partial charge is 0.496 e. The van der Waals surface area contributed by atoms with Crippen LogP contribution in [0, 0.1) is 6.92 Å². The minimum Gasteiger partial charge on any atom is -0.496 e. The standard InChI is InChI=1S/C11H18N2O5S2/c1-9-8-10(4-5-11(9)18-3)20(16,17)13-6-7-19(14,15)12-2/h4-5,8,12-13H,6-7H2,1-3H3. The molecule has 1 aromatic rings. The summed E-state index contributed by atoms with van der Waals surface area (Å²) in [7, 11) is -4.40. The number of benzene rings is 1. The summed E-state index contributed by atoms with van der Waals surface area (Å²) in [6.45, 7) is 1.53. The zero-order valence-corrected chi connectivity index (χ0v) is 13.1. The van der Waals surface area contributed by atoms with Crippen LogP contribution in [0.3, 0.4) is 0 Å². The van der Waals surface area contributed by atoms with E-state index in [1.807, 2.05) is 0 Å². The maximum absolute atomic E-state index is 12.0. The number of aryl methyl sites for hydroxylation is 1. The van der Waals surface area contributed by atoms with Gasteiger partial charge in [0.05, 0.1) is 17.8 Å². The van der Waals surface area contributed by atoms with E-state index in [1.54, 1.807) is 13.0 Å². The molecule has 0 heterocycles. The van der Waals surface area contributed by atoms with Crippen molar-refractivity contribution in [1.82, 2.24) is 9.44 Å². The fraction of sp³-hybridized carbons (Fsp3) is 0.455. The third-order valence-corrected chi connectivity index (χ3v) is 5.47. The van der Waals surface area contributed by atoms with E-state index < -0.39 is 20.0 Å². The molecule has 0 aromatic heterocycles. The number of methoxy groups -OCH3 is 1. The van der Waals surface area contributed by atoms with Crippen LogP contribution in [0.4, 0.5) is 0 Å². The van der Waals surface area contributed by atoms with Gasteiger partial charge in [0.25, 0.3) is 0 Å². The van der Waals surface area contributed by atoms with Gasteiger partial charge in [-0.3, -0.25) is 0 Å². The van der Waals surface area contributed by atoms with Gasteiger partial charge >= 0.3 is 0 Å². The first kappa shape index (κ1) is 16.9. The first-order chi connectivity index (χ1) is 9.22. The van der Waals surface area contributed by atoms with Gasteiger partial charge in [-0.05, 0) is 37.7 Å². The van der Waals surface area contributed by atoms with Crippen molar-refractivity contribution >= 4 is 20.0 Å². The molecule has 7 nitrogen and oxygen atoms in total. The van der Waals surface area contributed by atoms with Crippen molar-refractivity contribution < 1.29 is 21.6 Å².